The molecule has 0 amide bonds. The van der Waals surface area contributed by atoms with Crippen LogP contribution in [0.4, 0.5) is 18.9 Å². The molecule has 0 fully saturated rings. The second-order valence-corrected chi connectivity index (χ2v) is 3.75. The topological polar surface area (TPSA) is 32.3 Å². The number of rotatable bonds is 3. The van der Waals surface area contributed by atoms with Gasteiger partial charge in [-0.05, 0) is 18.2 Å². The third-order valence-corrected chi connectivity index (χ3v) is 2.21. The number of benzene rings is 1. The number of anilines is 1. The average Bonchev–Trinajstić information content (AvgIpc) is 2.12. The number of halogens is 4. The summed E-state index contributed by atoms with van der Waals surface area (Å²) in [5, 5.41) is 11.0. The SMILES string of the molecule is OCCNc1cc(Br)ccc1C(F)(F)F. The minimum atomic E-state index is -4.39. The predicted molar refractivity (Wildman–Crippen MR) is 54.7 cm³/mol. The third-order valence-electron chi connectivity index (χ3n) is 1.71. The molecule has 0 aliphatic heterocycles. The maximum atomic E-state index is 12.5. The summed E-state index contributed by atoms with van der Waals surface area (Å²) in [5.41, 5.74) is -0.773. The Labute approximate surface area is 93.2 Å². The Morgan fingerprint density at radius 1 is 1.33 bits per heavy atom. The summed E-state index contributed by atoms with van der Waals surface area (Å²) in [6.07, 6.45) is -4.39. The van der Waals surface area contributed by atoms with Crippen molar-refractivity contribution < 1.29 is 18.3 Å². The van der Waals surface area contributed by atoms with Gasteiger partial charge >= 0.3 is 6.18 Å². The Bertz CT molecular complexity index is 341. The smallest absolute Gasteiger partial charge is 0.395 e. The molecule has 2 N–H and O–H groups in total. The maximum absolute atomic E-state index is 12.5. The van der Waals surface area contributed by atoms with Gasteiger partial charge in [-0.1, -0.05) is 15.9 Å². The van der Waals surface area contributed by atoms with Crippen molar-refractivity contribution in [3.8, 4) is 0 Å². The lowest BCUT2D eigenvalue weighted by atomic mass is 10.1. The minimum absolute atomic E-state index is 0.0362. The van der Waals surface area contributed by atoms with Crippen LogP contribution in [0.3, 0.4) is 0 Å². The highest BCUT2D eigenvalue weighted by molar-refractivity contribution is 9.10. The molecule has 0 aliphatic rings. The zero-order chi connectivity index (χ0) is 11.5. The summed E-state index contributed by atoms with van der Waals surface area (Å²) in [5.74, 6) is 0. The summed E-state index contributed by atoms with van der Waals surface area (Å²) in [4.78, 5) is 0. The van der Waals surface area contributed by atoms with Gasteiger partial charge in [-0.25, -0.2) is 0 Å². The van der Waals surface area contributed by atoms with E-state index in [1.165, 1.54) is 12.1 Å². The van der Waals surface area contributed by atoms with Crippen molar-refractivity contribution in [2.24, 2.45) is 0 Å². The van der Waals surface area contributed by atoms with Crippen LogP contribution < -0.4 is 5.32 Å². The van der Waals surface area contributed by atoms with Gasteiger partial charge in [0.05, 0.1) is 12.2 Å². The van der Waals surface area contributed by atoms with Crippen molar-refractivity contribution in [2.45, 2.75) is 6.18 Å². The lowest BCUT2D eigenvalue weighted by molar-refractivity contribution is -0.137. The second kappa shape index (κ2) is 4.85. The van der Waals surface area contributed by atoms with E-state index in [4.69, 9.17) is 5.11 Å². The van der Waals surface area contributed by atoms with Crippen LogP contribution in [0.5, 0.6) is 0 Å². The van der Waals surface area contributed by atoms with Crippen molar-refractivity contribution in [1.29, 1.82) is 0 Å². The molecule has 6 heteroatoms. The first-order chi connectivity index (χ1) is 6.95. The normalized spacial score (nSPS) is 11.5. The van der Waals surface area contributed by atoms with Gasteiger partial charge in [-0.15, -0.1) is 0 Å². The molecule has 84 valence electrons. The molecular formula is C9H9BrF3NO. The first-order valence-corrected chi connectivity index (χ1v) is 4.96. The van der Waals surface area contributed by atoms with E-state index < -0.39 is 11.7 Å². The minimum Gasteiger partial charge on any atom is -0.395 e. The largest absolute Gasteiger partial charge is 0.418 e. The van der Waals surface area contributed by atoms with Gasteiger partial charge < -0.3 is 10.4 Å². The molecule has 0 unspecified atom stereocenters. The maximum Gasteiger partial charge on any atom is 0.418 e. The van der Waals surface area contributed by atoms with Crippen LogP contribution in [-0.2, 0) is 6.18 Å². The van der Waals surface area contributed by atoms with Crippen molar-refractivity contribution in [3.63, 3.8) is 0 Å². The molecule has 0 atom stereocenters. The van der Waals surface area contributed by atoms with E-state index in [1.807, 2.05) is 0 Å². The molecule has 0 bridgehead atoms. The Kier molecular flexibility index (Phi) is 3.98. The summed E-state index contributed by atoms with van der Waals surface area (Å²) in [7, 11) is 0. The fourth-order valence-electron chi connectivity index (χ4n) is 1.10. The van der Waals surface area contributed by atoms with Crippen LogP contribution in [0.1, 0.15) is 5.56 Å². The van der Waals surface area contributed by atoms with Crippen LogP contribution in [0.2, 0.25) is 0 Å². The number of hydrogen-bond donors (Lipinski definition) is 2. The molecule has 2 nitrogen and oxygen atoms in total. The summed E-state index contributed by atoms with van der Waals surface area (Å²) < 4.78 is 38.0. The number of aliphatic hydroxyl groups excluding tert-OH is 1. The summed E-state index contributed by atoms with van der Waals surface area (Å²) >= 11 is 3.09. The fourth-order valence-corrected chi connectivity index (χ4v) is 1.46. The molecule has 0 aliphatic carbocycles. The van der Waals surface area contributed by atoms with Crippen LogP contribution in [-0.4, -0.2) is 18.3 Å². The quantitative estimate of drug-likeness (QED) is 0.894. The second-order valence-electron chi connectivity index (χ2n) is 2.84. The molecule has 0 saturated carbocycles. The number of hydrogen-bond acceptors (Lipinski definition) is 2. The van der Waals surface area contributed by atoms with Crippen molar-refractivity contribution in [3.05, 3.63) is 28.2 Å². The third kappa shape index (κ3) is 3.39. The molecule has 1 aromatic carbocycles. The number of alkyl halides is 3. The summed E-state index contributed by atoms with van der Waals surface area (Å²) in [6.45, 7) is -0.136. The highest BCUT2D eigenvalue weighted by Crippen LogP contribution is 2.36. The molecule has 1 rings (SSSR count). The van der Waals surface area contributed by atoms with E-state index >= 15 is 0 Å². The zero-order valence-electron chi connectivity index (χ0n) is 7.61. The zero-order valence-corrected chi connectivity index (χ0v) is 9.19. The predicted octanol–water partition coefficient (Wildman–Crippen LogP) is 2.87. The van der Waals surface area contributed by atoms with Crippen LogP contribution in [0, 0.1) is 0 Å². The average molecular weight is 284 g/mol. The lowest BCUT2D eigenvalue weighted by Crippen LogP contribution is -2.13. The van der Waals surface area contributed by atoms with E-state index in [0.29, 0.717) is 4.47 Å². The lowest BCUT2D eigenvalue weighted by Gasteiger charge is -2.14. The first-order valence-electron chi connectivity index (χ1n) is 4.16. The fraction of sp³-hybridized carbons (Fsp3) is 0.333. The van der Waals surface area contributed by atoms with Gasteiger partial charge in [0.15, 0.2) is 0 Å². The highest BCUT2D eigenvalue weighted by atomic mass is 79.9. The van der Waals surface area contributed by atoms with Gasteiger partial charge in [0, 0.05) is 16.7 Å². The van der Waals surface area contributed by atoms with Gasteiger partial charge in [0.2, 0.25) is 0 Å². The van der Waals surface area contributed by atoms with Gasteiger partial charge in [0.1, 0.15) is 0 Å². The van der Waals surface area contributed by atoms with Gasteiger partial charge in [-0.3, -0.25) is 0 Å². The number of aliphatic hydroxyl groups is 1. The molecule has 0 radical (unpaired) electrons. The Morgan fingerprint density at radius 3 is 2.53 bits per heavy atom. The molecule has 0 heterocycles. The molecule has 0 aromatic heterocycles. The van der Waals surface area contributed by atoms with Crippen molar-refractivity contribution in [1.82, 2.24) is 0 Å². The van der Waals surface area contributed by atoms with Crippen molar-refractivity contribution in [2.75, 3.05) is 18.5 Å². The first kappa shape index (κ1) is 12.3. The Balaban J connectivity index is 3.03. The van der Waals surface area contributed by atoms with Crippen LogP contribution in [0.15, 0.2) is 22.7 Å². The van der Waals surface area contributed by atoms with E-state index in [2.05, 4.69) is 21.2 Å². The van der Waals surface area contributed by atoms with E-state index in [9.17, 15) is 13.2 Å². The van der Waals surface area contributed by atoms with E-state index in [1.54, 1.807) is 0 Å². The van der Waals surface area contributed by atoms with Gasteiger partial charge in [0.25, 0.3) is 0 Å². The summed E-state index contributed by atoms with van der Waals surface area (Å²) in [6, 6.07) is 3.65. The molecular weight excluding hydrogens is 275 g/mol. The van der Waals surface area contributed by atoms with E-state index in [-0.39, 0.29) is 18.8 Å². The van der Waals surface area contributed by atoms with Crippen LogP contribution in [0.25, 0.3) is 0 Å². The van der Waals surface area contributed by atoms with Gasteiger partial charge in [-0.2, -0.15) is 13.2 Å². The highest BCUT2D eigenvalue weighted by Gasteiger charge is 2.33. The Morgan fingerprint density at radius 2 is 2.00 bits per heavy atom. The monoisotopic (exact) mass is 283 g/mol. The van der Waals surface area contributed by atoms with Crippen LogP contribution >= 0.6 is 15.9 Å². The molecule has 15 heavy (non-hydrogen) atoms. The number of nitrogens with one attached hydrogen (secondary N) is 1. The molecule has 0 saturated heterocycles. The van der Waals surface area contributed by atoms with Crippen molar-refractivity contribution >= 4 is 21.6 Å². The Hall–Kier alpha value is -0.750. The molecule has 1 aromatic rings. The standard InChI is InChI=1S/C9H9BrF3NO/c10-6-1-2-7(9(11,12)13)8(5-6)14-3-4-15/h1-2,5,14-15H,3-4H2. The molecule has 0 spiro atoms. The van der Waals surface area contributed by atoms with E-state index in [0.717, 1.165) is 6.07 Å².